The molecule has 0 radical (unpaired) electrons. The fraction of sp³-hybridized carbons (Fsp3) is 0.571. The molecule has 1 aromatic carbocycles. The minimum Gasteiger partial charge on any atom is -0.493 e. The summed E-state index contributed by atoms with van der Waals surface area (Å²) in [5.74, 6) is -0.543. The second-order valence-electron chi connectivity index (χ2n) is 7.43. The molecular formula is C21H28N2O5. The number of carbonyl (C=O) groups is 3. The third kappa shape index (κ3) is 4.46. The van der Waals surface area contributed by atoms with Crippen LogP contribution in [-0.2, 0) is 9.59 Å². The normalized spacial score (nSPS) is 22.6. The monoisotopic (exact) mass is 388 g/mol. The summed E-state index contributed by atoms with van der Waals surface area (Å²) in [7, 11) is 0. The fourth-order valence-electron chi connectivity index (χ4n) is 4.07. The van der Waals surface area contributed by atoms with Gasteiger partial charge in [-0.1, -0.05) is 12.1 Å². The molecule has 3 rings (SSSR count). The molecule has 152 valence electrons. The molecule has 0 bridgehead atoms. The Hall–Kier alpha value is -2.57. The molecule has 2 amide bonds. The number of rotatable bonds is 5. The van der Waals surface area contributed by atoms with Gasteiger partial charge in [-0.15, -0.1) is 0 Å². The average molecular weight is 388 g/mol. The lowest BCUT2D eigenvalue weighted by Crippen LogP contribution is -2.52. The second kappa shape index (κ2) is 9.08. The molecule has 7 heteroatoms. The molecule has 28 heavy (non-hydrogen) atoms. The smallest absolute Gasteiger partial charge is 0.306 e. The lowest BCUT2D eigenvalue weighted by molar-refractivity contribution is -0.146. The minimum absolute atomic E-state index is 0.0712. The van der Waals surface area contributed by atoms with Gasteiger partial charge >= 0.3 is 5.97 Å². The molecule has 0 unspecified atom stereocenters. The van der Waals surface area contributed by atoms with E-state index in [-0.39, 0.29) is 23.7 Å². The summed E-state index contributed by atoms with van der Waals surface area (Å²) in [5.41, 5.74) is 0.552. The number of aliphatic carboxylic acids is 1. The molecule has 0 atom stereocenters. The first-order valence-corrected chi connectivity index (χ1v) is 10.0. The van der Waals surface area contributed by atoms with Gasteiger partial charge in [-0.25, -0.2) is 0 Å². The van der Waals surface area contributed by atoms with Crippen LogP contribution in [0.3, 0.4) is 0 Å². The molecule has 1 heterocycles. The van der Waals surface area contributed by atoms with Crippen LogP contribution in [0.2, 0.25) is 0 Å². The van der Waals surface area contributed by atoms with Crippen molar-refractivity contribution in [2.24, 2.45) is 11.8 Å². The first-order valence-electron chi connectivity index (χ1n) is 10.0. The highest BCUT2D eigenvalue weighted by molar-refractivity contribution is 5.97. The van der Waals surface area contributed by atoms with E-state index >= 15 is 0 Å². The second-order valence-corrected chi connectivity index (χ2v) is 7.43. The third-order valence-electron chi connectivity index (χ3n) is 5.72. The number of carbonyl (C=O) groups excluding carboxylic acids is 2. The molecule has 1 aliphatic carbocycles. The number of hydrogen-bond acceptors (Lipinski definition) is 4. The van der Waals surface area contributed by atoms with E-state index in [1.54, 1.807) is 17.0 Å². The summed E-state index contributed by atoms with van der Waals surface area (Å²) in [6, 6.07) is 7.23. The summed E-state index contributed by atoms with van der Waals surface area (Å²) in [5, 5.41) is 9.10. The highest BCUT2D eigenvalue weighted by Gasteiger charge is 2.34. The van der Waals surface area contributed by atoms with Crippen molar-refractivity contribution in [1.29, 1.82) is 0 Å². The van der Waals surface area contributed by atoms with E-state index in [0.29, 0.717) is 69.8 Å². The zero-order valence-electron chi connectivity index (χ0n) is 16.3. The SMILES string of the molecule is CCOc1ccccc1C(=O)N1CCN(C(=O)C2CCC(C(=O)O)CC2)CC1. The molecule has 0 spiro atoms. The maximum absolute atomic E-state index is 12.9. The van der Waals surface area contributed by atoms with E-state index in [1.165, 1.54) is 0 Å². The van der Waals surface area contributed by atoms with Crippen molar-refractivity contribution < 1.29 is 24.2 Å². The van der Waals surface area contributed by atoms with Crippen LogP contribution in [0.15, 0.2) is 24.3 Å². The molecule has 1 aliphatic heterocycles. The Balaban J connectivity index is 1.54. The number of carboxylic acids is 1. The van der Waals surface area contributed by atoms with Crippen LogP contribution in [0.1, 0.15) is 43.0 Å². The van der Waals surface area contributed by atoms with Crippen LogP contribution in [0, 0.1) is 11.8 Å². The Bertz CT molecular complexity index is 719. The van der Waals surface area contributed by atoms with Gasteiger partial charge < -0.3 is 19.6 Å². The van der Waals surface area contributed by atoms with Gasteiger partial charge in [-0.05, 0) is 44.7 Å². The quantitative estimate of drug-likeness (QED) is 0.836. The zero-order chi connectivity index (χ0) is 20.1. The predicted molar refractivity (Wildman–Crippen MR) is 103 cm³/mol. The summed E-state index contributed by atoms with van der Waals surface area (Å²) in [6.07, 6.45) is 2.41. The molecule has 2 fully saturated rings. The number of amides is 2. The van der Waals surface area contributed by atoms with Gasteiger partial charge in [0.2, 0.25) is 5.91 Å². The van der Waals surface area contributed by atoms with Crippen LogP contribution in [0.5, 0.6) is 5.75 Å². The Morgan fingerprint density at radius 2 is 1.54 bits per heavy atom. The summed E-state index contributed by atoms with van der Waals surface area (Å²) in [4.78, 5) is 40.3. The number of para-hydroxylation sites is 1. The number of carboxylic acid groups (broad SMARTS) is 1. The van der Waals surface area contributed by atoms with Gasteiger partial charge in [-0.2, -0.15) is 0 Å². The van der Waals surface area contributed by atoms with Crippen molar-refractivity contribution in [1.82, 2.24) is 9.80 Å². The van der Waals surface area contributed by atoms with Crippen LogP contribution >= 0.6 is 0 Å². The summed E-state index contributed by atoms with van der Waals surface area (Å²) in [6.45, 7) is 4.40. The van der Waals surface area contributed by atoms with Crippen molar-refractivity contribution in [2.75, 3.05) is 32.8 Å². The Morgan fingerprint density at radius 1 is 0.964 bits per heavy atom. The largest absolute Gasteiger partial charge is 0.493 e. The predicted octanol–water partition coefficient (Wildman–Crippen LogP) is 2.26. The van der Waals surface area contributed by atoms with Crippen LogP contribution in [0.25, 0.3) is 0 Å². The fourth-order valence-corrected chi connectivity index (χ4v) is 4.07. The number of ether oxygens (including phenoxy) is 1. The third-order valence-corrected chi connectivity index (χ3v) is 5.72. The van der Waals surface area contributed by atoms with Gasteiger partial charge in [0, 0.05) is 32.1 Å². The number of nitrogens with zero attached hydrogens (tertiary/aromatic N) is 2. The molecule has 2 aliphatic rings. The Morgan fingerprint density at radius 3 is 2.14 bits per heavy atom. The van der Waals surface area contributed by atoms with Crippen LogP contribution in [-0.4, -0.2) is 65.5 Å². The summed E-state index contributed by atoms with van der Waals surface area (Å²) < 4.78 is 5.56. The van der Waals surface area contributed by atoms with Gasteiger partial charge in [0.15, 0.2) is 0 Å². The first kappa shape index (κ1) is 20.2. The van der Waals surface area contributed by atoms with E-state index < -0.39 is 5.97 Å². The Labute approximate surface area is 165 Å². The van der Waals surface area contributed by atoms with Gasteiger partial charge in [0.05, 0.1) is 18.1 Å². The number of benzene rings is 1. The van der Waals surface area contributed by atoms with Crippen molar-refractivity contribution in [3.8, 4) is 5.75 Å². The molecule has 1 saturated heterocycles. The van der Waals surface area contributed by atoms with Crippen molar-refractivity contribution >= 4 is 17.8 Å². The van der Waals surface area contributed by atoms with E-state index in [2.05, 4.69) is 0 Å². The lowest BCUT2D eigenvalue weighted by Gasteiger charge is -2.37. The highest BCUT2D eigenvalue weighted by atomic mass is 16.5. The molecular weight excluding hydrogens is 360 g/mol. The number of hydrogen-bond donors (Lipinski definition) is 1. The maximum Gasteiger partial charge on any atom is 0.306 e. The van der Waals surface area contributed by atoms with Crippen molar-refractivity contribution in [3.63, 3.8) is 0 Å². The molecule has 1 saturated carbocycles. The zero-order valence-corrected chi connectivity index (χ0v) is 16.3. The van der Waals surface area contributed by atoms with E-state index in [1.807, 2.05) is 24.0 Å². The molecule has 1 aromatic rings. The average Bonchev–Trinajstić information content (AvgIpc) is 2.73. The van der Waals surface area contributed by atoms with Crippen molar-refractivity contribution in [3.05, 3.63) is 29.8 Å². The maximum atomic E-state index is 12.9. The van der Waals surface area contributed by atoms with E-state index in [0.717, 1.165) is 0 Å². The first-order chi connectivity index (χ1) is 13.5. The standard InChI is InChI=1S/C21H28N2O5/c1-2-28-18-6-4-3-5-17(18)20(25)23-13-11-22(12-14-23)19(24)15-7-9-16(10-8-15)21(26)27/h3-6,15-16H,2,7-14H2,1H3,(H,26,27). The molecule has 0 aromatic heterocycles. The minimum atomic E-state index is -0.759. The summed E-state index contributed by atoms with van der Waals surface area (Å²) >= 11 is 0. The van der Waals surface area contributed by atoms with Crippen LogP contribution < -0.4 is 4.74 Å². The highest BCUT2D eigenvalue weighted by Crippen LogP contribution is 2.30. The molecule has 1 N–H and O–H groups in total. The van der Waals surface area contributed by atoms with E-state index in [4.69, 9.17) is 9.84 Å². The van der Waals surface area contributed by atoms with Crippen LogP contribution in [0.4, 0.5) is 0 Å². The lowest BCUT2D eigenvalue weighted by atomic mass is 9.81. The topological polar surface area (TPSA) is 87.2 Å². The molecule has 7 nitrogen and oxygen atoms in total. The van der Waals surface area contributed by atoms with Crippen molar-refractivity contribution in [2.45, 2.75) is 32.6 Å². The van der Waals surface area contributed by atoms with Gasteiger partial charge in [0.25, 0.3) is 5.91 Å². The van der Waals surface area contributed by atoms with Gasteiger partial charge in [-0.3, -0.25) is 14.4 Å². The van der Waals surface area contributed by atoms with E-state index in [9.17, 15) is 14.4 Å². The Kier molecular flexibility index (Phi) is 6.54. The number of piperazine rings is 1. The van der Waals surface area contributed by atoms with Gasteiger partial charge in [0.1, 0.15) is 5.75 Å².